The number of amides is 2. The van der Waals surface area contributed by atoms with Crippen LogP contribution in [-0.4, -0.2) is 41.3 Å². The van der Waals surface area contributed by atoms with Crippen LogP contribution in [0.3, 0.4) is 0 Å². The molecule has 2 aliphatic rings. The third-order valence-electron chi connectivity index (χ3n) is 4.77. The maximum Gasteiger partial charge on any atom is 0.271 e. The van der Waals surface area contributed by atoms with Gasteiger partial charge in [0.2, 0.25) is 11.8 Å². The Hall–Kier alpha value is -2.70. The maximum absolute atomic E-state index is 12.8. The van der Waals surface area contributed by atoms with E-state index in [4.69, 9.17) is 0 Å². The zero-order chi connectivity index (χ0) is 17.3. The molecular weight excluding hydrogens is 310 g/mol. The van der Waals surface area contributed by atoms with Crippen LogP contribution in [0.5, 0.6) is 0 Å². The largest absolute Gasteiger partial charge is 0.339 e. The number of nitro benzene ring substituents is 1. The van der Waals surface area contributed by atoms with E-state index in [1.807, 2.05) is 0 Å². The Kier molecular flexibility index (Phi) is 4.33. The Morgan fingerprint density at radius 3 is 2.58 bits per heavy atom. The summed E-state index contributed by atoms with van der Waals surface area (Å²) < 4.78 is 0. The molecule has 0 saturated carbocycles. The van der Waals surface area contributed by atoms with Gasteiger partial charge in [0.05, 0.1) is 10.6 Å². The van der Waals surface area contributed by atoms with Gasteiger partial charge in [-0.1, -0.05) is 12.6 Å². The Morgan fingerprint density at radius 2 is 1.96 bits per heavy atom. The van der Waals surface area contributed by atoms with Gasteiger partial charge in [0, 0.05) is 37.7 Å². The molecule has 0 bridgehead atoms. The molecule has 1 aromatic rings. The van der Waals surface area contributed by atoms with Crippen molar-refractivity contribution in [2.24, 2.45) is 5.92 Å². The lowest BCUT2D eigenvalue weighted by Gasteiger charge is -2.32. The normalized spacial score (nSPS) is 17.5. The molecule has 126 valence electrons. The molecule has 1 saturated heterocycles. The summed E-state index contributed by atoms with van der Waals surface area (Å²) in [7, 11) is 0. The number of hydrogen-bond donors (Lipinski definition) is 0. The molecule has 0 atom stereocenters. The molecule has 24 heavy (non-hydrogen) atoms. The quantitative estimate of drug-likeness (QED) is 0.482. The van der Waals surface area contributed by atoms with Crippen LogP contribution in [-0.2, 0) is 16.0 Å². The second-order valence-corrected chi connectivity index (χ2v) is 6.11. The molecule has 0 unspecified atom stereocenters. The summed E-state index contributed by atoms with van der Waals surface area (Å²) in [5.74, 6) is -0.257. The standard InChI is InChI=1S/C17H19N3O4/c1-2-16(21)18-8-5-13(6-9-18)17(22)19-10-7-12-3-4-14(20(23)24)11-15(12)19/h2-4,11,13H,1,5-10H2. The first-order valence-electron chi connectivity index (χ1n) is 8.01. The average Bonchev–Trinajstić information content (AvgIpc) is 3.03. The Labute approximate surface area is 139 Å². The molecule has 3 rings (SSSR count). The highest BCUT2D eigenvalue weighted by Crippen LogP contribution is 2.34. The molecule has 0 aliphatic carbocycles. The van der Waals surface area contributed by atoms with Gasteiger partial charge in [0.25, 0.3) is 5.69 Å². The van der Waals surface area contributed by atoms with Crippen molar-refractivity contribution in [2.75, 3.05) is 24.5 Å². The average molecular weight is 329 g/mol. The van der Waals surface area contributed by atoms with Gasteiger partial charge in [-0.2, -0.15) is 0 Å². The molecular formula is C17H19N3O4. The fraction of sp³-hybridized carbons (Fsp3) is 0.412. The molecule has 2 aliphatic heterocycles. The highest BCUT2D eigenvalue weighted by Gasteiger charge is 2.33. The van der Waals surface area contributed by atoms with E-state index in [0.29, 0.717) is 44.6 Å². The van der Waals surface area contributed by atoms with Crippen molar-refractivity contribution in [3.8, 4) is 0 Å². The number of carbonyl (C=O) groups excluding carboxylic acids is 2. The first kappa shape index (κ1) is 16.2. The van der Waals surface area contributed by atoms with Gasteiger partial charge in [0.15, 0.2) is 0 Å². The van der Waals surface area contributed by atoms with Crippen LogP contribution in [0, 0.1) is 16.0 Å². The van der Waals surface area contributed by atoms with E-state index >= 15 is 0 Å². The number of nitrogens with zero attached hydrogens (tertiary/aromatic N) is 3. The van der Waals surface area contributed by atoms with Crippen molar-refractivity contribution in [2.45, 2.75) is 19.3 Å². The Bertz CT molecular complexity index is 708. The number of nitro groups is 1. The van der Waals surface area contributed by atoms with E-state index in [1.54, 1.807) is 15.9 Å². The summed E-state index contributed by atoms with van der Waals surface area (Å²) in [6.07, 6.45) is 3.23. The van der Waals surface area contributed by atoms with Crippen LogP contribution in [0.25, 0.3) is 0 Å². The highest BCUT2D eigenvalue weighted by molar-refractivity contribution is 5.97. The highest BCUT2D eigenvalue weighted by atomic mass is 16.6. The monoisotopic (exact) mass is 329 g/mol. The number of likely N-dealkylation sites (tertiary alicyclic amines) is 1. The summed E-state index contributed by atoms with van der Waals surface area (Å²) in [5, 5.41) is 11.0. The van der Waals surface area contributed by atoms with Crippen molar-refractivity contribution in [1.29, 1.82) is 0 Å². The van der Waals surface area contributed by atoms with E-state index in [9.17, 15) is 19.7 Å². The fourth-order valence-electron chi connectivity index (χ4n) is 3.41. The molecule has 0 spiro atoms. The van der Waals surface area contributed by atoms with Crippen molar-refractivity contribution >= 4 is 23.2 Å². The molecule has 2 heterocycles. The van der Waals surface area contributed by atoms with Crippen LogP contribution in [0.2, 0.25) is 0 Å². The second kappa shape index (κ2) is 6.43. The van der Waals surface area contributed by atoms with E-state index < -0.39 is 4.92 Å². The first-order chi connectivity index (χ1) is 11.5. The summed E-state index contributed by atoms with van der Waals surface area (Å²) in [6.45, 7) is 5.11. The number of anilines is 1. The zero-order valence-corrected chi connectivity index (χ0v) is 13.3. The van der Waals surface area contributed by atoms with Crippen molar-refractivity contribution in [3.63, 3.8) is 0 Å². The van der Waals surface area contributed by atoms with Crippen molar-refractivity contribution in [3.05, 3.63) is 46.5 Å². The predicted octanol–water partition coefficient (Wildman–Crippen LogP) is 1.91. The van der Waals surface area contributed by atoms with E-state index in [-0.39, 0.29) is 23.4 Å². The number of carbonyl (C=O) groups is 2. The fourth-order valence-corrected chi connectivity index (χ4v) is 3.41. The topological polar surface area (TPSA) is 83.8 Å². The third kappa shape index (κ3) is 2.89. The molecule has 7 heteroatoms. The summed E-state index contributed by atoms with van der Waals surface area (Å²) in [4.78, 5) is 38.3. The molecule has 0 N–H and O–H groups in total. The number of hydrogen-bond acceptors (Lipinski definition) is 4. The molecule has 0 aromatic heterocycles. The van der Waals surface area contributed by atoms with Crippen molar-refractivity contribution < 1.29 is 14.5 Å². The number of benzene rings is 1. The van der Waals surface area contributed by atoms with Gasteiger partial charge in [-0.25, -0.2) is 0 Å². The van der Waals surface area contributed by atoms with Gasteiger partial charge in [-0.05, 0) is 30.9 Å². The predicted molar refractivity (Wildman–Crippen MR) is 88.7 cm³/mol. The summed E-state index contributed by atoms with van der Waals surface area (Å²) in [6, 6.07) is 4.69. The van der Waals surface area contributed by atoms with E-state index in [0.717, 1.165) is 5.56 Å². The minimum Gasteiger partial charge on any atom is -0.339 e. The lowest BCUT2D eigenvalue weighted by atomic mass is 9.95. The smallest absolute Gasteiger partial charge is 0.271 e. The molecule has 7 nitrogen and oxygen atoms in total. The van der Waals surface area contributed by atoms with Gasteiger partial charge in [0.1, 0.15) is 0 Å². The lowest BCUT2D eigenvalue weighted by molar-refractivity contribution is -0.384. The van der Waals surface area contributed by atoms with Gasteiger partial charge < -0.3 is 9.80 Å². The van der Waals surface area contributed by atoms with Crippen LogP contribution in [0.1, 0.15) is 18.4 Å². The lowest BCUT2D eigenvalue weighted by Crippen LogP contribution is -2.43. The SMILES string of the molecule is C=CC(=O)N1CCC(C(=O)N2CCc3ccc([N+](=O)[O-])cc32)CC1. The third-order valence-corrected chi connectivity index (χ3v) is 4.77. The minimum atomic E-state index is -0.444. The summed E-state index contributed by atoms with van der Waals surface area (Å²) in [5.41, 5.74) is 1.62. The van der Waals surface area contributed by atoms with E-state index in [1.165, 1.54) is 18.2 Å². The van der Waals surface area contributed by atoms with Gasteiger partial charge in [-0.3, -0.25) is 19.7 Å². The Balaban J connectivity index is 1.72. The van der Waals surface area contributed by atoms with Crippen molar-refractivity contribution in [1.82, 2.24) is 4.90 Å². The maximum atomic E-state index is 12.8. The van der Waals surface area contributed by atoms with Crippen LogP contribution in [0.4, 0.5) is 11.4 Å². The van der Waals surface area contributed by atoms with E-state index in [2.05, 4.69) is 6.58 Å². The van der Waals surface area contributed by atoms with Crippen LogP contribution >= 0.6 is 0 Å². The molecule has 0 radical (unpaired) electrons. The Morgan fingerprint density at radius 1 is 1.25 bits per heavy atom. The number of non-ortho nitro benzene ring substituents is 1. The first-order valence-corrected chi connectivity index (χ1v) is 8.01. The van der Waals surface area contributed by atoms with Gasteiger partial charge in [-0.15, -0.1) is 0 Å². The van der Waals surface area contributed by atoms with Crippen LogP contribution in [0.15, 0.2) is 30.9 Å². The number of piperidine rings is 1. The zero-order valence-electron chi connectivity index (χ0n) is 13.3. The minimum absolute atomic E-state index is 0.0000463. The molecule has 1 fully saturated rings. The van der Waals surface area contributed by atoms with Crippen LogP contribution < -0.4 is 4.90 Å². The number of rotatable bonds is 3. The summed E-state index contributed by atoms with van der Waals surface area (Å²) >= 11 is 0. The molecule has 2 amide bonds. The second-order valence-electron chi connectivity index (χ2n) is 6.11. The number of fused-ring (bicyclic) bond motifs is 1. The van der Waals surface area contributed by atoms with Gasteiger partial charge >= 0.3 is 0 Å². The molecule has 1 aromatic carbocycles.